The van der Waals surface area contributed by atoms with Crippen molar-refractivity contribution in [1.29, 1.82) is 0 Å². The van der Waals surface area contributed by atoms with Crippen molar-refractivity contribution in [3.8, 4) is 11.5 Å². The van der Waals surface area contributed by atoms with E-state index < -0.39 is 0 Å². The molecule has 93 valence electrons. The molecular formula is C8H12Cl3CuNO2. The van der Waals surface area contributed by atoms with Crippen molar-refractivity contribution >= 4 is 32.6 Å². The van der Waals surface area contributed by atoms with Crippen LogP contribution < -0.4 is 5.73 Å². The van der Waals surface area contributed by atoms with Crippen LogP contribution in [0.4, 0.5) is 0 Å². The second kappa shape index (κ2) is 10.7. The molecule has 1 aromatic rings. The molecule has 0 saturated carbocycles. The van der Waals surface area contributed by atoms with Crippen LogP contribution in [-0.4, -0.2) is 16.8 Å². The Morgan fingerprint density at radius 2 is 1.73 bits per heavy atom. The van der Waals surface area contributed by atoms with Crippen LogP contribution in [0.5, 0.6) is 11.5 Å². The summed E-state index contributed by atoms with van der Waals surface area (Å²) < 4.78 is 0. The molecule has 0 aliphatic heterocycles. The van der Waals surface area contributed by atoms with Crippen molar-refractivity contribution in [2.24, 2.45) is 5.73 Å². The number of phenolic OH excluding ortho intramolecular Hbond substituents is 2. The van der Waals surface area contributed by atoms with Gasteiger partial charge >= 0.3 is 33.3 Å². The topological polar surface area (TPSA) is 66.5 Å². The third kappa shape index (κ3) is 8.03. The van der Waals surface area contributed by atoms with Gasteiger partial charge in [-0.25, -0.2) is 0 Å². The molecule has 0 aliphatic rings. The third-order valence-electron chi connectivity index (χ3n) is 1.47. The summed E-state index contributed by atoms with van der Waals surface area (Å²) in [7, 11) is 9.34. The molecule has 0 bridgehead atoms. The number of halogens is 3. The van der Waals surface area contributed by atoms with Crippen molar-refractivity contribution in [3.63, 3.8) is 0 Å². The second-order valence-corrected chi connectivity index (χ2v) is 3.96. The third-order valence-corrected chi connectivity index (χ3v) is 1.47. The summed E-state index contributed by atoms with van der Waals surface area (Å²) in [5, 5.41) is 18.0. The van der Waals surface area contributed by atoms with Crippen LogP contribution in [0.25, 0.3) is 0 Å². The summed E-state index contributed by atoms with van der Waals surface area (Å²) in [5.74, 6) is -0.179. The fourth-order valence-electron chi connectivity index (χ4n) is 0.891. The fraction of sp³-hybridized carbons (Fsp3) is 0.250. The first-order valence-corrected chi connectivity index (χ1v) is 6.27. The summed E-state index contributed by atoms with van der Waals surface area (Å²) in [6.07, 6.45) is 0.716. The van der Waals surface area contributed by atoms with Gasteiger partial charge in [0.2, 0.25) is 0 Å². The molecule has 1 rings (SSSR count). The summed E-state index contributed by atoms with van der Waals surface area (Å²) in [5.41, 5.74) is 6.24. The summed E-state index contributed by atoms with van der Waals surface area (Å²) in [4.78, 5) is 0. The van der Waals surface area contributed by atoms with Gasteiger partial charge in [-0.3, -0.25) is 0 Å². The minimum atomic E-state index is -0.0919. The average molecular weight is 324 g/mol. The van der Waals surface area contributed by atoms with Gasteiger partial charge in [-0.15, -0.1) is 12.4 Å². The Morgan fingerprint density at radius 1 is 1.20 bits per heavy atom. The van der Waals surface area contributed by atoms with Crippen LogP contribution in [0.3, 0.4) is 0 Å². The van der Waals surface area contributed by atoms with Crippen LogP contribution in [0.15, 0.2) is 18.2 Å². The Bertz CT molecular complexity index is 276. The molecule has 0 atom stereocenters. The predicted octanol–water partition coefficient (Wildman–Crippen LogP) is 2.40. The Morgan fingerprint density at radius 3 is 2.13 bits per heavy atom. The zero-order valence-electron chi connectivity index (χ0n) is 7.58. The number of rotatable bonds is 2. The number of aromatic hydroxyl groups is 2. The maximum atomic E-state index is 9.04. The van der Waals surface area contributed by atoms with Gasteiger partial charge in [-0.05, 0) is 30.7 Å². The Balaban J connectivity index is 0. The summed E-state index contributed by atoms with van der Waals surface area (Å²) >= 11 is 0.757. The molecule has 0 amide bonds. The molecule has 15 heavy (non-hydrogen) atoms. The van der Waals surface area contributed by atoms with Crippen molar-refractivity contribution in [1.82, 2.24) is 0 Å². The van der Waals surface area contributed by atoms with Gasteiger partial charge in [0.15, 0.2) is 11.5 Å². The fourth-order valence-corrected chi connectivity index (χ4v) is 0.891. The van der Waals surface area contributed by atoms with E-state index in [1.165, 1.54) is 12.1 Å². The Labute approximate surface area is 110 Å². The first-order valence-electron chi connectivity index (χ1n) is 3.67. The van der Waals surface area contributed by atoms with Crippen molar-refractivity contribution in [2.75, 3.05) is 6.54 Å². The molecule has 4 N–H and O–H groups in total. The number of phenols is 2. The second-order valence-electron chi connectivity index (χ2n) is 2.40. The van der Waals surface area contributed by atoms with Gasteiger partial charge in [0.1, 0.15) is 0 Å². The minimum absolute atomic E-state index is 0. The molecule has 0 unspecified atom stereocenters. The molecule has 0 aliphatic carbocycles. The van der Waals surface area contributed by atoms with Gasteiger partial charge in [-0.2, -0.15) is 0 Å². The van der Waals surface area contributed by atoms with E-state index in [-0.39, 0.29) is 23.9 Å². The number of nitrogens with two attached hydrogens (primary N) is 1. The zero-order chi connectivity index (χ0) is 11.0. The van der Waals surface area contributed by atoms with E-state index in [1.54, 1.807) is 6.07 Å². The Hall–Kier alpha value is 0.169. The SMILES string of the molecule is Cl.NCCc1ccc(O)c(O)c1.[Cl][Cu][Cl]. The van der Waals surface area contributed by atoms with E-state index in [0.717, 1.165) is 18.7 Å². The normalized spacial score (nSPS) is 8.73. The molecule has 0 radical (unpaired) electrons. The van der Waals surface area contributed by atoms with Gasteiger partial charge < -0.3 is 15.9 Å². The van der Waals surface area contributed by atoms with Crippen LogP contribution in [0, 0.1) is 0 Å². The van der Waals surface area contributed by atoms with Crippen molar-refractivity contribution in [3.05, 3.63) is 23.8 Å². The van der Waals surface area contributed by atoms with E-state index in [1.807, 2.05) is 0 Å². The zero-order valence-corrected chi connectivity index (χ0v) is 10.9. The summed E-state index contributed by atoms with van der Waals surface area (Å²) in [6, 6.07) is 4.71. The number of hydrogen-bond acceptors (Lipinski definition) is 3. The van der Waals surface area contributed by atoms with Crippen molar-refractivity contribution < 1.29 is 23.3 Å². The molecule has 0 fully saturated rings. The molecule has 3 nitrogen and oxygen atoms in total. The van der Waals surface area contributed by atoms with E-state index in [4.69, 9.17) is 15.9 Å². The molecule has 0 aromatic heterocycles. The molecule has 0 heterocycles. The van der Waals surface area contributed by atoms with E-state index in [2.05, 4.69) is 20.2 Å². The average Bonchev–Trinajstić information content (AvgIpc) is 2.13. The van der Waals surface area contributed by atoms with Gasteiger partial charge in [0, 0.05) is 0 Å². The first-order chi connectivity index (χ1) is 6.65. The van der Waals surface area contributed by atoms with Gasteiger partial charge in [0.25, 0.3) is 0 Å². The van der Waals surface area contributed by atoms with E-state index in [0.29, 0.717) is 13.0 Å². The van der Waals surface area contributed by atoms with Gasteiger partial charge in [-0.1, -0.05) is 6.07 Å². The van der Waals surface area contributed by atoms with E-state index >= 15 is 0 Å². The van der Waals surface area contributed by atoms with Crippen molar-refractivity contribution in [2.45, 2.75) is 6.42 Å². The Kier molecular flexibility index (Phi) is 12.5. The molecular weight excluding hydrogens is 312 g/mol. The molecule has 1 aromatic carbocycles. The predicted molar refractivity (Wildman–Crippen MR) is 61.5 cm³/mol. The number of hydrogen-bond donors (Lipinski definition) is 3. The van der Waals surface area contributed by atoms with Crippen LogP contribution in [0.1, 0.15) is 5.56 Å². The van der Waals surface area contributed by atoms with Crippen LogP contribution in [-0.2, 0) is 19.6 Å². The molecule has 0 spiro atoms. The molecule has 0 saturated heterocycles. The molecule has 7 heteroatoms. The van der Waals surface area contributed by atoms with Crippen LogP contribution in [0.2, 0.25) is 0 Å². The monoisotopic (exact) mass is 322 g/mol. The quantitative estimate of drug-likeness (QED) is 0.578. The number of benzene rings is 1. The standard InChI is InChI=1S/C8H11NO2.3ClH.Cu/c9-4-3-6-1-2-7(10)8(11)5-6;;;;/h1-2,5,10-11H,3-4,9H2;3*1H;/q;;;;+2/p-2. The summed E-state index contributed by atoms with van der Waals surface area (Å²) in [6.45, 7) is 0.546. The van der Waals surface area contributed by atoms with E-state index in [9.17, 15) is 0 Å². The van der Waals surface area contributed by atoms with Gasteiger partial charge in [0.05, 0.1) is 0 Å². The first kappa shape index (κ1) is 17.6. The maximum absolute atomic E-state index is 9.04. The van der Waals surface area contributed by atoms with Crippen LogP contribution >= 0.6 is 32.6 Å².